The summed E-state index contributed by atoms with van der Waals surface area (Å²) in [5.41, 5.74) is 32.5. The highest BCUT2D eigenvalue weighted by atomic mass is 32.1. The Hall–Kier alpha value is -14.4. The smallest absolute Gasteiger partial charge is 0.136 e. The van der Waals surface area contributed by atoms with Crippen LogP contribution in [0.4, 0.5) is 34.1 Å². The normalized spacial score (nSPS) is 12.7. The first-order chi connectivity index (χ1) is 56.5. The maximum absolute atomic E-state index is 6.83. The molecule has 20 aromatic rings. The number of hydrogen-bond acceptors (Lipinski definition) is 4. The maximum atomic E-state index is 6.83. The Bertz CT molecular complexity index is 6860. The number of hydrogen-bond donors (Lipinski definition) is 0. The molecule has 3 nitrogen and oxygen atoms in total. The van der Waals surface area contributed by atoms with E-state index < -0.39 is 10.8 Å². The van der Waals surface area contributed by atoms with Gasteiger partial charge in [-0.05, 0) is 208 Å². The van der Waals surface area contributed by atoms with Crippen LogP contribution in [0, 0.1) is 0 Å². The summed E-state index contributed by atoms with van der Waals surface area (Å²) in [5, 5.41) is 4.82. The zero-order valence-corrected chi connectivity index (χ0v) is 63.3. The minimum absolute atomic E-state index is 0.428. The van der Waals surface area contributed by atoms with Crippen LogP contribution in [0.3, 0.4) is 0 Å². The predicted octanol–water partition coefficient (Wildman–Crippen LogP) is 30.0. The standard InChI is InChI=1S/C55H37NO.C55H37NS/c1-4-16-38(17-5-1)39-30-33-44(34-31-39)56(43-21-8-3-9-22-43)45-23-14-18-40(36-45)46-26-15-29-52-54(46)49-35-32-42(37-53(49)57-52)55(41-19-6-2-7-20-41)50-27-12-10-24-47(50)48-25-11-13-28-51(48)55;1-4-16-38(17-5-1)39-30-33-44(34-31-39)56(43-21-8-3-9-22-43)45-23-14-18-40(36-45)46-26-15-27-49-50-37-42(32-35-53(50)57-54(46)49)55(41-19-6-2-7-20-41)51-28-12-10-24-47(51)48-25-11-13-29-52(48)55/h2*1-37H. The molecule has 4 heteroatoms. The van der Waals surface area contributed by atoms with Gasteiger partial charge in [0.05, 0.1) is 10.8 Å². The van der Waals surface area contributed by atoms with Crippen LogP contribution in [0.2, 0.25) is 0 Å². The minimum Gasteiger partial charge on any atom is -0.456 e. The Morgan fingerprint density at radius 1 is 0.202 bits per heavy atom. The average Bonchev–Trinajstić information content (AvgIpc) is 1.54. The van der Waals surface area contributed by atoms with Crippen LogP contribution in [0.1, 0.15) is 44.5 Å². The zero-order chi connectivity index (χ0) is 75.5. The Morgan fingerprint density at radius 3 is 1.04 bits per heavy atom. The van der Waals surface area contributed by atoms with Crippen LogP contribution in [-0.4, -0.2) is 0 Å². The number of anilines is 6. The fourth-order valence-corrected chi connectivity index (χ4v) is 19.7. The molecule has 0 fully saturated rings. The lowest BCUT2D eigenvalue weighted by Gasteiger charge is -2.34. The van der Waals surface area contributed by atoms with Crippen molar-refractivity contribution in [1.82, 2.24) is 0 Å². The van der Waals surface area contributed by atoms with Crippen LogP contribution >= 0.6 is 11.3 Å². The predicted molar refractivity (Wildman–Crippen MR) is 479 cm³/mol. The van der Waals surface area contributed by atoms with Gasteiger partial charge < -0.3 is 14.2 Å². The van der Waals surface area contributed by atoms with E-state index >= 15 is 0 Å². The van der Waals surface area contributed by atoms with Crippen LogP contribution < -0.4 is 9.80 Å². The molecule has 2 aromatic heterocycles. The molecule has 0 N–H and O–H groups in total. The second-order valence-corrected chi connectivity index (χ2v) is 30.7. The van der Waals surface area contributed by atoms with Gasteiger partial charge in [-0.3, -0.25) is 0 Å². The lowest BCUT2D eigenvalue weighted by molar-refractivity contribution is 0.665. The van der Waals surface area contributed by atoms with Gasteiger partial charge in [-0.2, -0.15) is 0 Å². The van der Waals surface area contributed by atoms with Gasteiger partial charge in [0, 0.05) is 65.1 Å². The summed E-state index contributed by atoms with van der Waals surface area (Å²) < 4.78 is 9.43. The Morgan fingerprint density at radius 2 is 0.553 bits per heavy atom. The first kappa shape index (κ1) is 67.7. The first-order valence-electron chi connectivity index (χ1n) is 39.2. The van der Waals surface area contributed by atoms with Crippen molar-refractivity contribution < 1.29 is 4.42 Å². The number of nitrogens with zero attached hydrogens (tertiary/aromatic N) is 2. The Kier molecular flexibility index (Phi) is 16.9. The quantitative estimate of drug-likeness (QED) is 0.108. The Balaban J connectivity index is 0.000000143. The SMILES string of the molecule is c1ccc(-c2ccc(N(c3ccccc3)c3cccc(-c4cccc5c4sc4ccc(C6(c7ccccc7)c7ccccc7-c7ccccc76)cc45)c3)cc2)cc1.c1ccc(-c2ccc(N(c3ccccc3)c3cccc(-c4cccc5oc6cc(C7(c8ccccc8)c8ccccc8-c8ccccc87)ccc6c45)c3)cc2)cc1. The molecule has 0 aliphatic heterocycles. The van der Waals surface area contributed by atoms with Gasteiger partial charge >= 0.3 is 0 Å². The van der Waals surface area contributed by atoms with Crippen LogP contribution in [0.5, 0.6) is 0 Å². The molecule has 0 saturated heterocycles. The molecule has 0 unspecified atom stereocenters. The monoisotopic (exact) mass is 1470 g/mol. The molecule has 2 aliphatic carbocycles. The van der Waals surface area contributed by atoms with E-state index in [0.29, 0.717) is 0 Å². The van der Waals surface area contributed by atoms with E-state index in [1.165, 1.54) is 120 Å². The molecule has 0 bridgehead atoms. The molecular weight excluding hydrogens is 1400 g/mol. The van der Waals surface area contributed by atoms with Crippen molar-refractivity contribution in [2.75, 3.05) is 9.80 Å². The van der Waals surface area contributed by atoms with E-state index in [-0.39, 0.29) is 0 Å². The number of furan rings is 1. The molecule has 2 heterocycles. The first-order valence-corrected chi connectivity index (χ1v) is 40.0. The lowest BCUT2D eigenvalue weighted by atomic mass is 9.67. The van der Waals surface area contributed by atoms with Crippen molar-refractivity contribution in [1.29, 1.82) is 0 Å². The van der Waals surface area contributed by atoms with Crippen molar-refractivity contribution in [3.8, 4) is 66.8 Å². The molecule has 0 atom stereocenters. The van der Waals surface area contributed by atoms with Gasteiger partial charge in [-0.25, -0.2) is 0 Å². The molecule has 536 valence electrons. The van der Waals surface area contributed by atoms with Crippen molar-refractivity contribution >= 4 is 87.6 Å². The summed E-state index contributed by atoms with van der Waals surface area (Å²) in [6.07, 6.45) is 0. The molecule has 0 radical (unpaired) electrons. The summed E-state index contributed by atoms with van der Waals surface area (Å²) in [7, 11) is 0. The Labute approximate surface area is 668 Å². The highest BCUT2D eigenvalue weighted by Crippen LogP contribution is 2.59. The fraction of sp³-hybridized carbons (Fsp3) is 0.0182. The van der Waals surface area contributed by atoms with E-state index in [1.54, 1.807) is 0 Å². The van der Waals surface area contributed by atoms with Gasteiger partial charge in [-0.15, -0.1) is 11.3 Å². The van der Waals surface area contributed by atoms with Crippen molar-refractivity contribution in [2.45, 2.75) is 10.8 Å². The third kappa shape index (κ3) is 11.3. The summed E-state index contributed by atoms with van der Waals surface area (Å²) in [6.45, 7) is 0. The highest BCUT2D eigenvalue weighted by molar-refractivity contribution is 7.26. The minimum atomic E-state index is -0.487. The van der Waals surface area contributed by atoms with E-state index in [2.05, 4.69) is 459 Å². The van der Waals surface area contributed by atoms with E-state index in [1.807, 2.05) is 11.3 Å². The topological polar surface area (TPSA) is 19.6 Å². The fourth-order valence-electron chi connectivity index (χ4n) is 18.5. The zero-order valence-electron chi connectivity index (χ0n) is 62.4. The number of benzene rings is 18. The third-order valence-electron chi connectivity index (χ3n) is 23.5. The highest BCUT2D eigenvalue weighted by Gasteiger charge is 2.48. The van der Waals surface area contributed by atoms with Crippen molar-refractivity contribution in [3.63, 3.8) is 0 Å². The van der Waals surface area contributed by atoms with E-state index in [4.69, 9.17) is 4.42 Å². The molecule has 114 heavy (non-hydrogen) atoms. The molecule has 22 rings (SSSR count). The number of rotatable bonds is 14. The van der Waals surface area contributed by atoms with Crippen LogP contribution in [0.25, 0.3) is 109 Å². The average molecular weight is 1470 g/mol. The van der Waals surface area contributed by atoms with Crippen LogP contribution in [-0.2, 0) is 10.8 Å². The van der Waals surface area contributed by atoms with Gasteiger partial charge in [0.15, 0.2) is 0 Å². The summed E-state index contributed by atoms with van der Waals surface area (Å²) in [5.74, 6) is 0. The molecular formula is C110H74N2OS. The molecule has 2 aliphatic rings. The molecule has 0 amide bonds. The second kappa shape index (κ2) is 28.5. The van der Waals surface area contributed by atoms with Gasteiger partial charge in [0.1, 0.15) is 11.2 Å². The second-order valence-electron chi connectivity index (χ2n) is 29.7. The van der Waals surface area contributed by atoms with Crippen molar-refractivity contribution in [3.05, 3.63) is 493 Å². The molecule has 18 aromatic carbocycles. The van der Waals surface area contributed by atoms with Gasteiger partial charge in [-0.1, -0.05) is 352 Å². The van der Waals surface area contributed by atoms with E-state index in [9.17, 15) is 0 Å². The third-order valence-corrected chi connectivity index (χ3v) is 24.7. The maximum Gasteiger partial charge on any atom is 0.136 e. The van der Waals surface area contributed by atoms with Crippen LogP contribution in [0.15, 0.2) is 453 Å². The summed E-state index contributed by atoms with van der Waals surface area (Å²) in [6, 6.07) is 163. The number of fused-ring (bicyclic) bond motifs is 12. The molecule has 0 saturated carbocycles. The number of para-hydroxylation sites is 2. The van der Waals surface area contributed by atoms with Gasteiger partial charge in [0.2, 0.25) is 0 Å². The van der Waals surface area contributed by atoms with Gasteiger partial charge in [0.25, 0.3) is 0 Å². The molecule has 0 spiro atoms. The van der Waals surface area contributed by atoms with Crippen molar-refractivity contribution in [2.24, 2.45) is 0 Å². The van der Waals surface area contributed by atoms with E-state index in [0.717, 1.165) is 67.2 Å². The summed E-state index contributed by atoms with van der Waals surface area (Å²) >= 11 is 1.89. The summed E-state index contributed by atoms with van der Waals surface area (Å²) in [4.78, 5) is 4.69. The number of thiophene rings is 1. The lowest BCUT2D eigenvalue weighted by Crippen LogP contribution is -2.28. The largest absolute Gasteiger partial charge is 0.456 e.